The maximum Gasteiger partial charge on any atom is 0.319 e. The summed E-state index contributed by atoms with van der Waals surface area (Å²) in [6.45, 7) is 3.71. The fourth-order valence-electron chi connectivity index (χ4n) is 1.27. The first-order valence-corrected chi connectivity index (χ1v) is 7.44. The van der Waals surface area contributed by atoms with Gasteiger partial charge in [-0.25, -0.2) is 0 Å². The third-order valence-corrected chi connectivity index (χ3v) is 3.89. The maximum atomic E-state index is 11.2. The maximum absolute atomic E-state index is 11.2. The van der Waals surface area contributed by atoms with E-state index in [1.54, 1.807) is 11.3 Å². The van der Waals surface area contributed by atoms with Crippen molar-refractivity contribution in [3.8, 4) is 0 Å². The Bertz CT molecular complexity index is 341. The van der Waals surface area contributed by atoms with Crippen LogP contribution < -0.4 is 5.32 Å². The first kappa shape index (κ1) is 14.7. The molecule has 0 bridgehead atoms. The molecular weight excluding hydrogens is 302 g/mol. The fourth-order valence-corrected chi connectivity index (χ4v) is 2.75. The topological polar surface area (TPSA) is 38.3 Å². The van der Waals surface area contributed by atoms with E-state index in [9.17, 15) is 4.79 Å². The number of halogens is 1. The van der Waals surface area contributed by atoms with Gasteiger partial charge >= 0.3 is 5.97 Å². The molecule has 0 amide bonds. The lowest BCUT2D eigenvalue weighted by Gasteiger charge is -2.04. The van der Waals surface area contributed by atoms with Crippen molar-refractivity contribution in [3.63, 3.8) is 0 Å². The van der Waals surface area contributed by atoms with Crippen LogP contribution in [0.1, 0.15) is 24.6 Å². The fraction of sp³-hybridized carbons (Fsp3) is 0.583. The van der Waals surface area contributed by atoms with E-state index in [4.69, 9.17) is 4.74 Å². The van der Waals surface area contributed by atoms with Gasteiger partial charge in [-0.3, -0.25) is 4.79 Å². The van der Waals surface area contributed by atoms with E-state index in [2.05, 4.69) is 34.2 Å². The molecule has 0 saturated heterocycles. The highest BCUT2D eigenvalue weighted by atomic mass is 79.9. The summed E-state index contributed by atoms with van der Waals surface area (Å²) >= 11 is 5.15. The molecule has 0 radical (unpaired) electrons. The van der Waals surface area contributed by atoms with Gasteiger partial charge in [-0.05, 0) is 40.9 Å². The average Bonchev–Trinajstić information content (AvgIpc) is 2.71. The van der Waals surface area contributed by atoms with Crippen molar-refractivity contribution >= 4 is 33.2 Å². The average molecular weight is 320 g/mol. The van der Waals surface area contributed by atoms with Gasteiger partial charge in [-0.2, -0.15) is 0 Å². The molecule has 0 fully saturated rings. The monoisotopic (exact) mass is 319 g/mol. The summed E-state index contributed by atoms with van der Waals surface area (Å²) in [5, 5.41) is 3.09. The van der Waals surface area contributed by atoms with Gasteiger partial charge in [0.25, 0.3) is 0 Å². The number of rotatable bonds is 8. The molecule has 0 aliphatic rings. The van der Waals surface area contributed by atoms with Gasteiger partial charge in [-0.15, -0.1) is 11.3 Å². The van der Waals surface area contributed by atoms with Crippen molar-refractivity contribution < 1.29 is 9.53 Å². The normalized spacial score (nSPS) is 10.5. The van der Waals surface area contributed by atoms with E-state index in [0.29, 0.717) is 13.2 Å². The summed E-state index contributed by atoms with van der Waals surface area (Å²) in [5.74, 6) is -0.161. The number of esters is 1. The van der Waals surface area contributed by atoms with Gasteiger partial charge in [0.2, 0.25) is 0 Å². The SMILES string of the molecule is CCCCOC(=O)CNCCc1ccc(Br)s1. The highest BCUT2D eigenvalue weighted by Gasteiger charge is 2.02. The summed E-state index contributed by atoms with van der Waals surface area (Å²) in [7, 11) is 0. The summed E-state index contributed by atoms with van der Waals surface area (Å²) in [5.41, 5.74) is 0. The molecule has 17 heavy (non-hydrogen) atoms. The van der Waals surface area contributed by atoms with Crippen molar-refractivity contribution in [2.75, 3.05) is 19.7 Å². The van der Waals surface area contributed by atoms with Crippen molar-refractivity contribution in [3.05, 3.63) is 20.8 Å². The minimum atomic E-state index is -0.161. The Kier molecular flexibility index (Phi) is 7.48. The lowest BCUT2D eigenvalue weighted by molar-refractivity contribution is -0.142. The minimum absolute atomic E-state index is 0.161. The van der Waals surface area contributed by atoms with Crippen molar-refractivity contribution in [1.29, 1.82) is 0 Å². The molecule has 1 heterocycles. The van der Waals surface area contributed by atoms with E-state index in [-0.39, 0.29) is 5.97 Å². The van der Waals surface area contributed by atoms with Crippen molar-refractivity contribution in [2.45, 2.75) is 26.2 Å². The molecule has 96 valence electrons. The van der Waals surface area contributed by atoms with Crippen LogP contribution in [0.15, 0.2) is 15.9 Å². The molecular formula is C12H18BrNO2S. The van der Waals surface area contributed by atoms with Crippen LogP contribution in [-0.4, -0.2) is 25.7 Å². The highest BCUT2D eigenvalue weighted by Crippen LogP contribution is 2.21. The predicted molar refractivity (Wildman–Crippen MR) is 74.5 cm³/mol. The smallest absolute Gasteiger partial charge is 0.319 e. The first-order chi connectivity index (χ1) is 8.22. The third kappa shape index (κ3) is 6.81. The van der Waals surface area contributed by atoms with Crippen molar-refractivity contribution in [2.24, 2.45) is 0 Å². The molecule has 1 aromatic heterocycles. The largest absolute Gasteiger partial charge is 0.465 e. The second-order valence-electron chi connectivity index (χ2n) is 3.71. The van der Waals surface area contributed by atoms with Crippen LogP contribution in [0.2, 0.25) is 0 Å². The van der Waals surface area contributed by atoms with E-state index in [1.165, 1.54) is 4.88 Å². The van der Waals surface area contributed by atoms with E-state index < -0.39 is 0 Å². The zero-order chi connectivity index (χ0) is 12.5. The number of hydrogen-bond acceptors (Lipinski definition) is 4. The number of unbranched alkanes of at least 4 members (excludes halogenated alkanes) is 1. The Hall–Kier alpha value is -0.390. The van der Waals surface area contributed by atoms with E-state index in [1.807, 2.05) is 6.07 Å². The lowest BCUT2D eigenvalue weighted by atomic mass is 10.3. The molecule has 1 aromatic rings. The number of carbonyl (C=O) groups is 1. The Labute approximate surface area is 115 Å². The number of hydrogen-bond donors (Lipinski definition) is 1. The molecule has 1 rings (SSSR count). The molecule has 0 atom stereocenters. The van der Waals surface area contributed by atoms with E-state index >= 15 is 0 Å². The summed E-state index contributed by atoms with van der Waals surface area (Å²) in [6, 6.07) is 4.13. The van der Waals surface area contributed by atoms with Crippen LogP contribution in [-0.2, 0) is 16.0 Å². The molecule has 0 spiro atoms. The third-order valence-electron chi connectivity index (χ3n) is 2.21. The van der Waals surface area contributed by atoms with Crippen LogP contribution in [0.3, 0.4) is 0 Å². The zero-order valence-corrected chi connectivity index (χ0v) is 12.4. The molecule has 0 aromatic carbocycles. The Morgan fingerprint density at radius 1 is 1.53 bits per heavy atom. The lowest BCUT2D eigenvalue weighted by Crippen LogP contribution is -2.26. The minimum Gasteiger partial charge on any atom is -0.465 e. The number of nitrogens with one attached hydrogen (secondary N) is 1. The van der Waals surface area contributed by atoms with Gasteiger partial charge < -0.3 is 10.1 Å². The molecule has 0 aliphatic carbocycles. The number of ether oxygens (including phenoxy) is 1. The highest BCUT2D eigenvalue weighted by molar-refractivity contribution is 9.11. The van der Waals surface area contributed by atoms with Crippen LogP contribution in [0.4, 0.5) is 0 Å². The number of carbonyl (C=O) groups excluding carboxylic acids is 1. The summed E-state index contributed by atoms with van der Waals surface area (Å²) < 4.78 is 6.18. The second kappa shape index (κ2) is 8.66. The Balaban J connectivity index is 2.02. The van der Waals surface area contributed by atoms with Crippen LogP contribution in [0, 0.1) is 0 Å². The quantitative estimate of drug-likeness (QED) is 0.591. The predicted octanol–water partition coefficient (Wildman–Crippen LogP) is 2.99. The van der Waals surface area contributed by atoms with Gasteiger partial charge in [0.1, 0.15) is 0 Å². The van der Waals surface area contributed by atoms with Gasteiger partial charge in [0.05, 0.1) is 16.9 Å². The van der Waals surface area contributed by atoms with Crippen LogP contribution in [0.5, 0.6) is 0 Å². The first-order valence-electron chi connectivity index (χ1n) is 5.83. The van der Waals surface area contributed by atoms with E-state index in [0.717, 1.165) is 29.6 Å². The standard InChI is InChI=1S/C12H18BrNO2S/c1-2-3-8-16-12(15)9-14-7-6-10-4-5-11(13)17-10/h4-5,14H,2-3,6-9H2,1H3. The van der Waals surface area contributed by atoms with Gasteiger partial charge in [-0.1, -0.05) is 13.3 Å². The molecule has 1 N–H and O–H groups in total. The zero-order valence-electron chi connectivity index (χ0n) is 10.0. The molecule has 0 aliphatic heterocycles. The van der Waals surface area contributed by atoms with Gasteiger partial charge in [0, 0.05) is 11.4 Å². The Morgan fingerprint density at radius 3 is 3.00 bits per heavy atom. The molecule has 0 saturated carbocycles. The molecule has 3 nitrogen and oxygen atoms in total. The number of thiophene rings is 1. The molecule has 0 unspecified atom stereocenters. The summed E-state index contributed by atoms with van der Waals surface area (Å²) in [4.78, 5) is 12.6. The van der Waals surface area contributed by atoms with Gasteiger partial charge in [0.15, 0.2) is 0 Å². The van der Waals surface area contributed by atoms with Crippen LogP contribution in [0.25, 0.3) is 0 Å². The second-order valence-corrected chi connectivity index (χ2v) is 6.25. The molecule has 5 heteroatoms. The van der Waals surface area contributed by atoms with Crippen molar-refractivity contribution in [1.82, 2.24) is 5.32 Å². The summed E-state index contributed by atoms with van der Waals surface area (Å²) in [6.07, 6.45) is 2.93. The van der Waals surface area contributed by atoms with Crippen LogP contribution >= 0.6 is 27.3 Å². The Morgan fingerprint density at radius 2 is 2.35 bits per heavy atom.